The number of ether oxygens (including phenoxy) is 1. The number of hydrogen-bond acceptors (Lipinski definition) is 2. The van der Waals surface area contributed by atoms with Crippen molar-refractivity contribution >= 4 is 0 Å². The molecule has 98 valence electrons. The van der Waals surface area contributed by atoms with Gasteiger partial charge in [0.2, 0.25) is 0 Å². The molecule has 17 heavy (non-hydrogen) atoms. The maximum atomic E-state index is 10.6. The summed E-state index contributed by atoms with van der Waals surface area (Å²) in [6, 6.07) is 0. The maximum absolute atomic E-state index is 10.6. The fourth-order valence-corrected chi connectivity index (χ4v) is 4.91. The van der Waals surface area contributed by atoms with Crippen LogP contribution < -0.4 is 0 Å². The number of hydrogen-bond donors (Lipinski definition) is 1. The zero-order valence-corrected chi connectivity index (χ0v) is 11.6. The second kappa shape index (κ2) is 3.48. The molecule has 2 saturated carbocycles. The minimum atomic E-state index is -0.455. The van der Waals surface area contributed by atoms with E-state index in [1.807, 2.05) is 6.92 Å². The molecule has 2 heteroatoms. The Hall–Kier alpha value is -0.0800. The van der Waals surface area contributed by atoms with Crippen LogP contribution in [-0.4, -0.2) is 22.4 Å². The molecule has 3 rings (SSSR count). The van der Waals surface area contributed by atoms with Gasteiger partial charge in [-0.05, 0) is 70.1 Å². The Morgan fingerprint density at radius 1 is 1.06 bits per heavy atom. The Balaban J connectivity index is 1.98. The minimum absolute atomic E-state index is 0.0166. The number of aliphatic hydroxyl groups is 1. The highest BCUT2D eigenvalue weighted by Crippen LogP contribution is 2.58. The van der Waals surface area contributed by atoms with Gasteiger partial charge in [0.15, 0.2) is 0 Å². The SMILES string of the molecule is C[C@H]1CC[C@@H]2[C@H]3[C@H]1OC(C)(C)[C@@H]3CC[C@@]2(C)O. The molecule has 2 aliphatic carbocycles. The van der Waals surface area contributed by atoms with E-state index >= 15 is 0 Å². The third kappa shape index (κ3) is 1.60. The third-order valence-electron chi connectivity index (χ3n) is 5.90. The Labute approximate surface area is 105 Å². The van der Waals surface area contributed by atoms with Gasteiger partial charge in [0.05, 0.1) is 17.3 Å². The molecule has 2 nitrogen and oxygen atoms in total. The van der Waals surface area contributed by atoms with Crippen LogP contribution in [0.4, 0.5) is 0 Å². The smallest absolute Gasteiger partial charge is 0.0662 e. The fourth-order valence-electron chi connectivity index (χ4n) is 4.91. The standard InChI is InChI=1S/C15H26O2/c1-9-5-6-11-12-10(7-8-15(11,4)16)14(2,3)17-13(9)12/h9-13,16H,5-8H2,1-4H3/t9-,10+,11+,12-,13-,15+/m0/s1. The Morgan fingerprint density at radius 2 is 1.76 bits per heavy atom. The molecule has 0 radical (unpaired) electrons. The Morgan fingerprint density at radius 3 is 2.47 bits per heavy atom. The van der Waals surface area contributed by atoms with Crippen molar-refractivity contribution in [2.75, 3.05) is 0 Å². The highest BCUT2D eigenvalue weighted by atomic mass is 16.5. The highest BCUT2D eigenvalue weighted by Gasteiger charge is 2.60. The molecule has 0 spiro atoms. The molecule has 3 fully saturated rings. The molecule has 0 aromatic carbocycles. The molecule has 1 heterocycles. The molecule has 6 atom stereocenters. The topological polar surface area (TPSA) is 29.5 Å². The van der Waals surface area contributed by atoms with Gasteiger partial charge in [-0.2, -0.15) is 0 Å². The first kappa shape index (κ1) is 12.0. The normalized spacial score (nSPS) is 56.6. The van der Waals surface area contributed by atoms with Crippen molar-refractivity contribution in [1.29, 1.82) is 0 Å². The quantitative estimate of drug-likeness (QED) is 0.703. The van der Waals surface area contributed by atoms with E-state index in [1.54, 1.807) is 0 Å². The van der Waals surface area contributed by atoms with Crippen molar-refractivity contribution in [2.24, 2.45) is 23.7 Å². The van der Waals surface area contributed by atoms with Crippen molar-refractivity contribution in [3.8, 4) is 0 Å². The summed E-state index contributed by atoms with van der Waals surface area (Å²) in [5, 5.41) is 10.6. The zero-order valence-electron chi connectivity index (χ0n) is 11.6. The van der Waals surface area contributed by atoms with E-state index in [2.05, 4.69) is 20.8 Å². The van der Waals surface area contributed by atoms with Crippen LogP contribution in [-0.2, 0) is 4.74 Å². The zero-order chi connectivity index (χ0) is 12.4. The van der Waals surface area contributed by atoms with Gasteiger partial charge in [-0.3, -0.25) is 0 Å². The Bertz CT molecular complexity index is 321. The molecule has 0 bridgehead atoms. The summed E-state index contributed by atoms with van der Waals surface area (Å²) in [6.07, 6.45) is 4.87. The van der Waals surface area contributed by atoms with Crippen molar-refractivity contribution in [3.63, 3.8) is 0 Å². The lowest BCUT2D eigenvalue weighted by Gasteiger charge is -2.50. The molecule has 0 aromatic heterocycles. The largest absolute Gasteiger partial charge is 0.390 e. The second-order valence-corrected chi connectivity index (χ2v) is 7.43. The first-order valence-corrected chi connectivity index (χ1v) is 7.23. The van der Waals surface area contributed by atoms with E-state index in [-0.39, 0.29) is 5.60 Å². The van der Waals surface area contributed by atoms with Crippen LogP contribution >= 0.6 is 0 Å². The molecule has 0 amide bonds. The van der Waals surface area contributed by atoms with Crippen LogP contribution in [0.1, 0.15) is 53.4 Å². The molecule has 0 unspecified atom stereocenters. The lowest BCUT2D eigenvalue weighted by molar-refractivity contribution is -0.111. The van der Waals surface area contributed by atoms with Crippen molar-refractivity contribution < 1.29 is 9.84 Å². The summed E-state index contributed by atoms with van der Waals surface area (Å²) < 4.78 is 6.36. The van der Waals surface area contributed by atoms with Crippen LogP contribution in [0.2, 0.25) is 0 Å². The predicted molar refractivity (Wildman–Crippen MR) is 67.7 cm³/mol. The van der Waals surface area contributed by atoms with Crippen LogP contribution in [0.3, 0.4) is 0 Å². The van der Waals surface area contributed by atoms with Crippen LogP contribution in [0.25, 0.3) is 0 Å². The molecule has 0 aromatic rings. The van der Waals surface area contributed by atoms with Gasteiger partial charge >= 0.3 is 0 Å². The van der Waals surface area contributed by atoms with Crippen LogP contribution in [0, 0.1) is 23.7 Å². The van der Waals surface area contributed by atoms with Gasteiger partial charge in [-0.25, -0.2) is 0 Å². The van der Waals surface area contributed by atoms with Gasteiger partial charge in [0, 0.05) is 0 Å². The summed E-state index contributed by atoms with van der Waals surface area (Å²) in [6.45, 7) is 8.87. The summed E-state index contributed by atoms with van der Waals surface area (Å²) in [4.78, 5) is 0. The number of rotatable bonds is 0. The lowest BCUT2D eigenvalue weighted by Crippen LogP contribution is -2.52. The van der Waals surface area contributed by atoms with Crippen molar-refractivity contribution in [3.05, 3.63) is 0 Å². The first-order chi connectivity index (χ1) is 7.83. The lowest BCUT2D eigenvalue weighted by atomic mass is 9.56. The third-order valence-corrected chi connectivity index (χ3v) is 5.90. The first-order valence-electron chi connectivity index (χ1n) is 7.23. The van der Waals surface area contributed by atoms with Crippen LogP contribution in [0.5, 0.6) is 0 Å². The highest BCUT2D eigenvalue weighted by molar-refractivity contribution is 5.09. The van der Waals surface area contributed by atoms with E-state index in [1.165, 1.54) is 12.8 Å². The predicted octanol–water partition coefficient (Wildman–Crippen LogP) is 2.99. The van der Waals surface area contributed by atoms with Gasteiger partial charge in [0.1, 0.15) is 0 Å². The van der Waals surface area contributed by atoms with Gasteiger partial charge in [-0.1, -0.05) is 6.92 Å². The van der Waals surface area contributed by atoms with Crippen LogP contribution in [0.15, 0.2) is 0 Å². The minimum Gasteiger partial charge on any atom is -0.390 e. The summed E-state index contributed by atoms with van der Waals surface area (Å²) in [5.41, 5.74) is -0.438. The summed E-state index contributed by atoms with van der Waals surface area (Å²) in [7, 11) is 0. The van der Waals surface area contributed by atoms with E-state index in [9.17, 15) is 5.11 Å². The molecular formula is C15H26O2. The summed E-state index contributed by atoms with van der Waals surface area (Å²) >= 11 is 0. The maximum Gasteiger partial charge on any atom is 0.0662 e. The molecule has 3 aliphatic rings. The second-order valence-electron chi connectivity index (χ2n) is 7.43. The summed E-state index contributed by atoms with van der Waals surface area (Å²) in [5.74, 6) is 2.37. The van der Waals surface area contributed by atoms with Gasteiger partial charge in [-0.15, -0.1) is 0 Å². The molecule has 1 N–H and O–H groups in total. The molecule has 1 saturated heterocycles. The van der Waals surface area contributed by atoms with E-state index in [0.717, 1.165) is 12.8 Å². The van der Waals surface area contributed by atoms with Gasteiger partial charge < -0.3 is 9.84 Å². The monoisotopic (exact) mass is 238 g/mol. The van der Waals surface area contributed by atoms with E-state index in [4.69, 9.17) is 4.74 Å². The fraction of sp³-hybridized carbons (Fsp3) is 1.00. The molecular weight excluding hydrogens is 212 g/mol. The van der Waals surface area contributed by atoms with E-state index < -0.39 is 5.60 Å². The van der Waals surface area contributed by atoms with Crippen molar-refractivity contribution in [1.82, 2.24) is 0 Å². The average molecular weight is 238 g/mol. The molecule has 1 aliphatic heterocycles. The Kier molecular flexibility index (Phi) is 2.45. The van der Waals surface area contributed by atoms with E-state index in [0.29, 0.717) is 29.8 Å². The average Bonchev–Trinajstić information content (AvgIpc) is 2.48. The van der Waals surface area contributed by atoms with Crippen molar-refractivity contribution in [2.45, 2.75) is 70.7 Å². The van der Waals surface area contributed by atoms with Gasteiger partial charge in [0.25, 0.3) is 0 Å².